The van der Waals surface area contributed by atoms with Crippen molar-refractivity contribution in [3.8, 4) is 5.75 Å². The van der Waals surface area contributed by atoms with Gasteiger partial charge in [0.15, 0.2) is 0 Å². The SMILES string of the molecule is COc1cc2nc3cc(ccc13)C=CC(C)(C)C(=O)N[C@@H](C(C)C)C(=O)N[C@@H](C)C(=O)N1CCC[C@H](N1)C(=O)O[C@@H]2C. The molecule has 226 valence electrons. The average molecular weight is 580 g/mol. The summed E-state index contributed by atoms with van der Waals surface area (Å²) in [5, 5.41) is 7.75. The molecule has 0 saturated carbocycles. The Kier molecular flexibility index (Phi) is 9.20. The van der Waals surface area contributed by atoms with E-state index in [0.717, 1.165) is 10.9 Å². The summed E-state index contributed by atoms with van der Waals surface area (Å²) >= 11 is 0. The van der Waals surface area contributed by atoms with Crippen molar-refractivity contribution in [2.24, 2.45) is 11.3 Å². The summed E-state index contributed by atoms with van der Waals surface area (Å²) in [4.78, 5) is 57.8. The molecule has 3 heterocycles. The molecule has 0 aliphatic carbocycles. The number of esters is 1. The number of methoxy groups -OCH3 is 1. The summed E-state index contributed by atoms with van der Waals surface area (Å²) in [7, 11) is 1.57. The highest BCUT2D eigenvalue weighted by atomic mass is 16.5. The molecule has 11 nitrogen and oxygen atoms in total. The smallest absolute Gasteiger partial charge is 0.325 e. The van der Waals surface area contributed by atoms with E-state index in [1.807, 2.05) is 38.1 Å². The van der Waals surface area contributed by atoms with Crippen molar-refractivity contribution in [1.29, 1.82) is 0 Å². The van der Waals surface area contributed by atoms with Gasteiger partial charge in [0.05, 0.1) is 23.7 Å². The molecule has 4 atom stereocenters. The van der Waals surface area contributed by atoms with Crippen molar-refractivity contribution in [3.05, 3.63) is 41.6 Å². The largest absolute Gasteiger partial charge is 0.496 e. The van der Waals surface area contributed by atoms with E-state index in [-0.39, 0.29) is 11.8 Å². The maximum absolute atomic E-state index is 13.4. The molecule has 2 aliphatic rings. The maximum Gasteiger partial charge on any atom is 0.325 e. The summed E-state index contributed by atoms with van der Waals surface area (Å²) in [6.07, 6.45) is 3.98. The van der Waals surface area contributed by atoms with E-state index in [0.29, 0.717) is 36.3 Å². The molecular formula is C31H41N5O6. The number of nitrogens with zero attached hydrogens (tertiary/aromatic N) is 2. The molecule has 3 amide bonds. The summed E-state index contributed by atoms with van der Waals surface area (Å²) in [5.74, 6) is -1.34. The molecule has 11 heteroatoms. The molecule has 4 rings (SSSR count). The van der Waals surface area contributed by atoms with Crippen LogP contribution in [0.3, 0.4) is 0 Å². The van der Waals surface area contributed by atoms with Crippen LogP contribution in [0, 0.1) is 11.3 Å². The number of cyclic esters (lactones) is 1. The van der Waals surface area contributed by atoms with Crippen LogP contribution < -0.4 is 20.8 Å². The number of carbonyl (C=O) groups is 4. The fourth-order valence-electron chi connectivity index (χ4n) is 4.99. The molecule has 2 aliphatic heterocycles. The highest BCUT2D eigenvalue weighted by Gasteiger charge is 2.35. The van der Waals surface area contributed by atoms with Gasteiger partial charge >= 0.3 is 5.97 Å². The first-order valence-electron chi connectivity index (χ1n) is 14.4. The van der Waals surface area contributed by atoms with Crippen LogP contribution in [-0.2, 0) is 23.9 Å². The number of rotatable bonds is 2. The fraction of sp³-hybridized carbons (Fsp3) is 0.516. The molecule has 5 bridgehead atoms. The number of ether oxygens (including phenoxy) is 2. The number of pyridine rings is 1. The lowest BCUT2D eigenvalue weighted by molar-refractivity contribution is -0.157. The van der Waals surface area contributed by atoms with Gasteiger partial charge in [0.2, 0.25) is 11.8 Å². The van der Waals surface area contributed by atoms with E-state index in [9.17, 15) is 19.2 Å². The monoisotopic (exact) mass is 579 g/mol. The second kappa shape index (κ2) is 12.5. The minimum absolute atomic E-state index is 0.234. The standard InChI is InChI=1S/C31H41N5O6/c1-17(2)26-27(37)32-18(3)28(38)36-14-8-9-22(35-36)29(39)42-19(4)23-16-25(41-7)21-11-10-20(15-24(21)33-23)12-13-31(5,6)30(40)34-26/h10-13,15-19,22,26,35H,8-9,14H2,1-7H3,(H,32,37)(H,34,40)/t18-,19+,22-,26-/m0/s1. The van der Waals surface area contributed by atoms with Crippen LogP contribution in [0.1, 0.15) is 71.7 Å². The number of amides is 3. The second-order valence-corrected chi connectivity index (χ2v) is 11.9. The molecular weight excluding hydrogens is 538 g/mol. The Morgan fingerprint density at radius 3 is 2.52 bits per heavy atom. The molecule has 1 saturated heterocycles. The van der Waals surface area contributed by atoms with Gasteiger partial charge in [-0.05, 0) is 64.2 Å². The molecule has 1 fully saturated rings. The molecule has 1 aromatic heterocycles. The van der Waals surface area contributed by atoms with Gasteiger partial charge in [0, 0.05) is 18.0 Å². The quantitative estimate of drug-likeness (QED) is 0.462. The van der Waals surface area contributed by atoms with E-state index in [1.54, 1.807) is 46.9 Å². The van der Waals surface area contributed by atoms with Crippen molar-refractivity contribution in [2.75, 3.05) is 13.7 Å². The molecule has 2 aromatic rings. The molecule has 3 N–H and O–H groups in total. The van der Waals surface area contributed by atoms with E-state index >= 15 is 0 Å². The van der Waals surface area contributed by atoms with Crippen molar-refractivity contribution >= 4 is 40.7 Å². The van der Waals surface area contributed by atoms with Gasteiger partial charge in [-0.15, -0.1) is 0 Å². The van der Waals surface area contributed by atoms with Crippen LogP contribution in [0.4, 0.5) is 0 Å². The van der Waals surface area contributed by atoms with Crippen LogP contribution in [0.5, 0.6) is 5.75 Å². The Balaban J connectivity index is 1.75. The van der Waals surface area contributed by atoms with Crippen LogP contribution in [0.25, 0.3) is 17.0 Å². The maximum atomic E-state index is 13.4. The van der Waals surface area contributed by atoms with E-state index in [4.69, 9.17) is 14.5 Å². The molecule has 0 radical (unpaired) electrons. The Hall–Kier alpha value is -3.99. The molecule has 0 spiro atoms. The number of hydrazine groups is 1. The molecule has 1 aromatic carbocycles. The van der Waals surface area contributed by atoms with Crippen molar-refractivity contribution in [2.45, 2.75) is 78.6 Å². The van der Waals surface area contributed by atoms with Gasteiger partial charge in [0.1, 0.15) is 30.0 Å². The molecule has 42 heavy (non-hydrogen) atoms. The van der Waals surface area contributed by atoms with Crippen molar-refractivity contribution in [1.82, 2.24) is 26.1 Å². The third kappa shape index (κ3) is 6.73. The van der Waals surface area contributed by atoms with Crippen molar-refractivity contribution < 1.29 is 28.7 Å². The van der Waals surface area contributed by atoms with E-state index in [2.05, 4.69) is 16.1 Å². The number of carbonyl (C=O) groups excluding carboxylic acids is 4. The minimum Gasteiger partial charge on any atom is -0.496 e. The lowest BCUT2D eigenvalue weighted by Gasteiger charge is -2.35. The zero-order chi connectivity index (χ0) is 30.8. The zero-order valence-electron chi connectivity index (χ0n) is 25.3. The Bertz CT molecular complexity index is 1400. The average Bonchev–Trinajstić information content (AvgIpc) is 2.96. The summed E-state index contributed by atoms with van der Waals surface area (Å²) in [6.45, 7) is 10.9. The number of hydrogen-bond donors (Lipinski definition) is 3. The Morgan fingerprint density at radius 2 is 1.83 bits per heavy atom. The fourth-order valence-corrected chi connectivity index (χ4v) is 4.99. The zero-order valence-corrected chi connectivity index (χ0v) is 25.3. The number of fused-ring (bicyclic) bond motifs is 4. The lowest BCUT2D eigenvalue weighted by Crippen LogP contribution is -2.61. The predicted octanol–water partition coefficient (Wildman–Crippen LogP) is 3.04. The van der Waals surface area contributed by atoms with Gasteiger partial charge in [-0.3, -0.25) is 24.2 Å². The van der Waals surface area contributed by atoms with Crippen LogP contribution in [0.2, 0.25) is 0 Å². The number of nitrogens with one attached hydrogen (secondary N) is 3. The predicted molar refractivity (Wildman–Crippen MR) is 158 cm³/mol. The van der Waals surface area contributed by atoms with Crippen LogP contribution >= 0.6 is 0 Å². The highest BCUT2D eigenvalue weighted by molar-refractivity contribution is 5.94. The second-order valence-electron chi connectivity index (χ2n) is 11.9. The van der Waals surface area contributed by atoms with Crippen molar-refractivity contribution in [3.63, 3.8) is 0 Å². The first kappa shape index (κ1) is 31.0. The third-order valence-electron chi connectivity index (χ3n) is 7.72. The van der Waals surface area contributed by atoms with Crippen LogP contribution in [0.15, 0.2) is 30.3 Å². The van der Waals surface area contributed by atoms with Gasteiger partial charge in [-0.1, -0.05) is 32.1 Å². The van der Waals surface area contributed by atoms with Gasteiger partial charge in [-0.25, -0.2) is 10.4 Å². The van der Waals surface area contributed by atoms with E-state index in [1.165, 1.54) is 5.01 Å². The van der Waals surface area contributed by atoms with Gasteiger partial charge < -0.3 is 20.1 Å². The first-order chi connectivity index (χ1) is 19.8. The van der Waals surface area contributed by atoms with E-state index < -0.39 is 47.4 Å². The van der Waals surface area contributed by atoms with Gasteiger partial charge in [-0.2, -0.15) is 0 Å². The minimum atomic E-state index is -0.953. The Morgan fingerprint density at radius 1 is 1.10 bits per heavy atom. The summed E-state index contributed by atoms with van der Waals surface area (Å²) in [5.41, 5.74) is 3.98. The molecule has 0 unspecified atom stereocenters. The number of benzene rings is 1. The summed E-state index contributed by atoms with van der Waals surface area (Å²) < 4.78 is 11.4. The summed E-state index contributed by atoms with van der Waals surface area (Å²) in [6, 6.07) is 4.92. The van der Waals surface area contributed by atoms with Gasteiger partial charge in [0.25, 0.3) is 5.91 Å². The number of hydrogen-bond acceptors (Lipinski definition) is 8. The lowest BCUT2D eigenvalue weighted by atomic mass is 9.89. The topological polar surface area (TPSA) is 139 Å². The normalized spacial score (nSPS) is 25.7. The first-order valence-corrected chi connectivity index (χ1v) is 14.4. The van der Waals surface area contributed by atoms with Crippen LogP contribution in [-0.4, -0.2) is 65.5 Å². The third-order valence-corrected chi connectivity index (χ3v) is 7.72. The number of aromatic nitrogens is 1. The Labute approximate surface area is 246 Å². The highest BCUT2D eigenvalue weighted by Crippen LogP contribution is 2.31.